The fourth-order valence-corrected chi connectivity index (χ4v) is 2.67. The van der Waals surface area contributed by atoms with Crippen molar-refractivity contribution in [2.75, 3.05) is 5.32 Å². The number of nitrogens with one attached hydrogen (secondary N) is 1. The molecule has 1 aromatic rings. The number of pyridine rings is 1. The van der Waals surface area contributed by atoms with Crippen LogP contribution in [0.15, 0.2) is 18.2 Å². The monoisotopic (exact) mass is 286 g/mol. The van der Waals surface area contributed by atoms with Gasteiger partial charge in [-0.25, -0.2) is 4.98 Å². The zero-order valence-electron chi connectivity index (χ0n) is 11.2. The predicted molar refractivity (Wildman–Crippen MR) is 69.1 cm³/mol. The summed E-state index contributed by atoms with van der Waals surface area (Å²) in [5.41, 5.74) is 0.707. The molecule has 3 nitrogen and oxygen atoms in total. The van der Waals surface area contributed by atoms with E-state index in [4.69, 9.17) is 0 Å². The highest BCUT2D eigenvalue weighted by atomic mass is 19.4. The summed E-state index contributed by atoms with van der Waals surface area (Å²) in [7, 11) is 0. The number of alkyl halides is 3. The number of anilines is 1. The van der Waals surface area contributed by atoms with E-state index in [-0.39, 0.29) is 12.8 Å². The van der Waals surface area contributed by atoms with Crippen LogP contribution in [0.2, 0.25) is 0 Å². The van der Waals surface area contributed by atoms with Crippen LogP contribution in [0.1, 0.15) is 31.4 Å². The van der Waals surface area contributed by atoms with Crippen LogP contribution in [-0.2, 0) is 4.79 Å². The lowest BCUT2D eigenvalue weighted by Gasteiger charge is -2.31. The van der Waals surface area contributed by atoms with E-state index in [1.54, 1.807) is 25.1 Å². The third kappa shape index (κ3) is 3.49. The SMILES string of the molecule is Cc1cccc(NC(=O)[C@H]2CCCC[C@H]2C(F)(F)F)n1. The first-order chi connectivity index (χ1) is 9.38. The summed E-state index contributed by atoms with van der Waals surface area (Å²) in [6, 6.07) is 5.05. The first kappa shape index (κ1) is 14.8. The summed E-state index contributed by atoms with van der Waals surface area (Å²) in [6.07, 6.45) is -2.82. The van der Waals surface area contributed by atoms with Gasteiger partial charge in [-0.2, -0.15) is 13.2 Å². The summed E-state index contributed by atoms with van der Waals surface area (Å²) >= 11 is 0. The van der Waals surface area contributed by atoms with Crippen molar-refractivity contribution in [3.8, 4) is 0 Å². The van der Waals surface area contributed by atoms with Crippen LogP contribution in [0.3, 0.4) is 0 Å². The topological polar surface area (TPSA) is 42.0 Å². The van der Waals surface area contributed by atoms with Gasteiger partial charge in [0.15, 0.2) is 0 Å². The number of aromatic nitrogens is 1. The van der Waals surface area contributed by atoms with E-state index in [1.807, 2.05) is 0 Å². The van der Waals surface area contributed by atoms with Crippen LogP contribution in [0.4, 0.5) is 19.0 Å². The second-order valence-corrected chi connectivity index (χ2v) is 5.19. The zero-order chi connectivity index (χ0) is 14.8. The summed E-state index contributed by atoms with van der Waals surface area (Å²) < 4.78 is 38.9. The van der Waals surface area contributed by atoms with Gasteiger partial charge in [0, 0.05) is 11.6 Å². The van der Waals surface area contributed by atoms with E-state index in [0.29, 0.717) is 24.4 Å². The lowest BCUT2D eigenvalue weighted by molar-refractivity contribution is -0.197. The van der Waals surface area contributed by atoms with Crippen molar-refractivity contribution in [1.82, 2.24) is 4.98 Å². The molecule has 0 bridgehead atoms. The standard InChI is InChI=1S/C14H17F3N2O/c1-9-5-4-8-12(18-9)19-13(20)10-6-2-3-7-11(10)14(15,16)17/h4-5,8,10-11H,2-3,6-7H2,1H3,(H,18,19,20)/t10-,11+/m0/s1. The molecule has 2 atom stereocenters. The fraction of sp³-hybridized carbons (Fsp3) is 0.571. The lowest BCUT2D eigenvalue weighted by Crippen LogP contribution is -2.39. The van der Waals surface area contributed by atoms with Gasteiger partial charge >= 0.3 is 6.18 Å². The van der Waals surface area contributed by atoms with Crippen LogP contribution in [0, 0.1) is 18.8 Å². The van der Waals surface area contributed by atoms with Gasteiger partial charge < -0.3 is 5.32 Å². The molecule has 1 fully saturated rings. The molecule has 1 aliphatic rings. The molecule has 0 radical (unpaired) electrons. The Balaban J connectivity index is 2.10. The van der Waals surface area contributed by atoms with Crippen molar-refractivity contribution in [2.24, 2.45) is 11.8 Å². The molecular formula is C14H17F3N2O. The third-order valence-electron chi connectivity index (χ3n) is 3.66. The fourth-order valence-electron chi connectivity index (χ4n) is 2.67. The number of halogens is 3. The molecule has 0 spiro atoms. The Hall–Kier alpha value is -1.59. The summed E-state index contributed by atoms with van der Waals surface area (Å²) in [6.45, 7) is 1.76. The smallest absolute Gasteiger partial charge is 0.310 e. The molecule has 1 aromatic heterocycles. The number of aryl methyl sites for hydroxylation is 1. The molecule has 1 aliphatic carbocycles. The zero-order valence-corrected chi connectivity index (χ0v) is 11.2. The predicted octanol–water partition coefficient (Wildman–Crippen LogP) is 3.70. The van der Waals surface area contributed by atoms with Gasteiger partial charge in [0.2, 0.25) is 5.91 Å². The maximum atomic E-state index is 13.0. The highest BCUT2D eigenvalue weighted by Crippen LogP contribution is 2.41. The van der Waals surface area contributed by atoms with Crippen LogP contribution >= 0.6 is 0 Å². The van der Waals surface area contributed by atoms with E-state index >= 15 is 0 Å². The molecule has 0 aliphatic heterocycles. The Morgan fingerprint density at radius 2 is 2.00 bits per heavy atom. The van der Waals surface area contributed by atoms with E-state index in [1.165, 1.54) is 0 Å². The Morgan fingerprint density at radius 3 is 2.65 bits per heavy atom. The van der Waals surface area contributed by atoms with E-state index in [2.05, 4.69) is 10.3 Å². The van der Waals surface area contributed by atoms with Crippen molar-refractivity contribution in [2.45, 2.75) is 38.8 Å². The molecule has 0 saturated heterocycles. The van der Waals surface area contributed by atoms with Crippen LogP contribution < -0.4 is 5.32 Å². The third-order valence-corrected chi connectivity index (χ3v) is 3.66. The van der Waals surface area contributed by atoms with Crippen LogP contribution in [-0.4, -0.2) is 17.1 Å². The first-order valence-electron chi connectivity index (χ1n) is 6.69. The largest absolute Gasteiger partial charge is 0.392 e. The summed E-state index contributed by atoms with van der Waals surface area (Å²) in [5.74, 6) is -2.82. The first-order valence-corrected chi connectivity index (χ1v) is 6.69. The Morgan fingerprint density at radius 1 is 1.30 bits per heavy atom. The Kier molecular flexibility index (Phi) is 4.30. The second kappa shape index (κ2) is 5.81. The molecule has 1 amide bonds. The minimum Gasteiger partial charge on any atom is -0.310 e. The lowest BCUT2D eigenvalue weighted by atomic mass is 9.78. The van der Waals surface area contributed by atoms with Crippen molar-refractivity contribution in [3.05, 3.63) is 23.9 Å². The molecule has 20 heavy (non-hydrogen) atoms. The van der Waals surface area contributed by atoms with E-state index in [0.717, 1.165) is 0 Å². The van der Waals surface area contributed by atoms with Crippen molar-refractivity contribution < 1.29 is 18.0 Å². The number of carbonyl (C=O) groups excluding carboxylic acids is 1. The maximum Gasteiger partial charge on any atom is 0.392 e. The Bertz CT molecular complexity index is 488. The normalized spacial score (nSPS) is 23.4. The van der Waals surface area contributed by atoms with Gasteiger partial charge in [0.1, 0.15) is 5.82 Å². The number of nitrogens with zero attached hydrogens (tertiary/aromatic N) is 1. The molecule has 110 valence electrons. The number of rotatable bonds is 2. The van der Waals surface area contributed by atoms with Crippen LogP contribution in [0.25, 0.3) is 0 Å². The minimum absolute atomic E-state index is 0.0306. The van der Waals surface area contributed by atoms with Gasteiger partial charge in [-0.1, -0.05) is 18.9 Å². The Labute approximate surface area is 115 Å². The van der Waals surface area contributed by atoms with Gasteiger partial charge in [0.05, 0.1) is 5.92 Å². The van der Waals surface area contributed by atoms with Gasteiger partial charge in [-0.3, -0.25) is 4.79 Å². The molecular weight excluding hydrogens is 269 g/mol. The van der Waals surface area contributed by atoms with Crippen molar-refractivity contribution >= 4 is 11.7 Å². The number of amides is 1. The number of hydrogen-bond acceptors (Lipinski definition) is 2. The van der Waals surface area contributed by atoms with Crippen molar-refractivity contribution in [1.29, 1.82) is 0 Å². The average Bonchev–Trinajstić information content (AvgIpc) is 2.37. The van der Waals surface area contributed by atoms with Gasteiger partial charge in [-0.05, 0) is 31.9 Å². The summed E-state index contributed by atoms with van der Waals surface area (Å²) in [4.78, 5) is 16.2. The highest BCUT2D eigenvalue weighted by molar-refractivity contribution is 5.92. The highest BCUT2D eigenvalue weighted by Gasteiger charge is 2.48. The molecule has 2 rings (SSSR count). The summed E-state index contributed by atoms with van der Waals surface area (Å²) in [5, 5.41) is 2.50. The molecule has 1 N–H and O–H groups in total. The maximum absolute atomic E-state index is 13.0. The van der Waals surface area contributed by atoms with Crippen LogP contribution in [0.5, 0.6) is 0 Å². The molecule has 1 heterocycles. The molecule has 1 saturated carbocycles. The van der Waals surface area contributed by atoms with E-state index in [9.17, 15) is 18.0 Å². The van der Waals surface area contributed by atoms with Gasteiger partial charge in [-0.15, -0.1) is 0 Å². The number of carbonyl (C=O) groups is 1. The second-order valence-electron chi connectivity index (χ2n) is 5.19. The average molecular weight is 286 g/mol. The van der Waals surface area contributed by atoms with Crippen molar-refractivity contribution in [3.63, 3.8) is 0 Å². The molecule has 0 aromatic carbocycles. The molecule has 0 unspecified atom stereocenters. The minimum atomic E-state index is -4.32. The molecule has 6 heteroatoms. The van der Waals surface area contributed by atoms with Gasteiger partial charge in [0.25, 0.3) is 0 Å². The number of hydrogen-bond donors (Lipinski definition) is 1. The quantitative estimate of drug-likeness (QED) is 0.900. The van der Waals surface area contributed by atoms with E-state index < -0.39 is 23.9 Å².